The third-order valence-electron chi connectivity index (χ3n) is 2.79. The molecule has 0 unspecified atom stereocenters. The Hall–Kier alpha value is -1.88. The second kappa shape index (κ2) is 4.42. The number of nitrogens with one attached hydrogen (secondary N) is 2. The topological polar surface area (TPSA) is 53.6 Å². The highest BCUT2D eigenvalue weighted by Crippen LogP contribution is 2.25. The normalized spacial score (nSPS) is 10.8. The summed E-state index contributed by atoms with van der Waals surface area (Å²) < 4.78 is 1.08. The zero-order valence-corrected chi connectivity index (χ0v) is 11.3. The van der Waals surface area contributed by atoms with Crippen LogP contribution in [0.1, 0.15) is 5.56 Å². The van der Waals surface area contributed by atoms with Crippen LogP contribution < -0.4 is 5.32 Å². The highest BCUT2D eigenvalue weighted by molar-refractivity contribution is 9.10. The lowest BCUT2D eigenvalue weighted by Crippen LogP contribution is -1.95. The smallest absolute Gasteiger partial charge is 0.143 e. The van der Waals surface area contributed by atoms with E-state index in [1.54, 1.807) is 6.33 Å². The van der Waals surface area contributed by atoms with E-state index >= 15 is 0 Å². The number of aromatic nitrogens is 3. The van der Waals surface area contributed by atoms with E-state index in [1.807, 2.05) is 24.4 Å². The van der Waals surface area contributed by atoms with E-state index in [9.17, 15) is 0 Å². The van der Waals surface area contributed by atoms with Crippen LogP contribution >= 0.6 is 15.9 Å². The quantitative estimate of drug-likeness (QED) is 0.757. The largest absolute Gasteiger partial charge is 0.346 e. The fraction of sp³-hybridized carbons (Fsp3) is 0.0769. The monoisotopic (exact) mass is 302 g/mol. The summed E-state index contributed by atoms with van der Waals surface area (Å²) in [5.74, 6) is 0.803. The van der Waals surface area contributed by atoms with Crippen LogP contribution in [0.15, 0.2) is 41.3 Å². The summed E-state index contributed by atoms with van der Waals surface area (Å²) >= 11 is 3.52. The summed E-state index contributed by atoms with van der Waals surface area (Å²) in [6.45, 7) is 2.06. The number of hydrogen-bond donors (Lipinski definition) is 2. The van der Waals surface area contributed by atoms with Crippen molar-refractivity contribution < 1.29 is 0 Å². The minimum absolute atomic E-state index is 0.803. The van der Waals surface area contributed by atoms with Crippen molar-refractivity contribution in [2.24, 2.45) is 0 Å². The number of hydrogen-bond acceptors (Lipinski definition) is 3. The molecule has 0 amide bonds. The van der Waals surface area contributed by atoms with Gasteiger partial charge in [0.1, 0.15) is 17.8 Å². The van der Waals surface area contributed by atoms with Crippen LogP contribution in [0.2, 0.25) is 0 Å². The maximum absolute atomic E-state index is 4.27. The lowest BCUT2D eigenvalue weighted by molar-refractivity contribution is 1.20. The van der Waals surface area contributed by atoms with Crippen molar-refractivity contribution >= 4 is 38.5 Å². The summed E-state index contributed by atoms with van der Waals surface area (Å²) in [6.07, 6.45) is 3.40. The SMILES string of the molecule is Cc1ccc(Nc2ncnc3[nH]ccc23)cc1Br. The molecule has 0 saturated carbocycles. The zero-order chi connectivity index (χ0) is 12.5. The van der Waals surface area contributed by atoms with Gasteiger partial charge in [-0.2, -0.15) is 0 Å². The number of fused-ring (bicyclic) bond motifs is 1. The summed E-state index contributed by atoms with van der Waals surface area (Å²) in [6, 6.07) is 8.08. The first kappa shape index (κ1) is 11.2. The lowest BCUT2D eigenvalue weighted by atomic mass is 10.2. The van der Waals surface area contributed by atoms with E-state index in [2.05, 4.69) is 49.2 Å². The van der Waals surface area contributed by atoms with Crippen LogP contribution in [0.3, 0.4) is 0 Å². The molecular formula is C13H11BrN4. The molecule has 0 radical (unpaired) electrons. The Kier molecular flexibility index (Phi) is 2.76. The van der Waals surface area contributed by atoms with Crippen molar-refractivity contribution in [1.29, 1.82) is 0 Å². The molecule has 0 bridgehead atoms. The highest BCUT2D eigenvalue weighted by atomic mass is 79.9. The summed E-state index contributed by atoms with van der Waals surface area (Å²) in [5.41, 5.74) is 3.03. The number of H-pyrrole nitrogens is 1. The molecule has 2 aromatic heterocycles. The van der Waals surface area contributed by atoms with Crippen LogP contribution in [0.25, 0.3) is 11.0 Å². The first-order valence-corrected chi connectivity index (χ1v) is 6.34. The Morgan fingerprint density at radius 1 is 1.22 bits per heavy atom. The van der Waals surface area contributed by atoms with Gasteiger partial charge in [0, 0.05) is 16.4 Å². The lowest BCUT2D eigenvalue weighted by Gasteiger charge is -2.07. The molecule has 90 valence electrons. The standard InChI is InChI=1S/C13H11BrN4/c1-8-2-3-9(6-11(8)14)18-13-10-4-5-15-12(10)16-7-17-13/h2-7H,1H3,(H2,15,16,17,18). The predicted octanol–water partition coefficient (Wildman–Crippen LogP) is 3.77. The molecular weight excluding hydrogens is 292 g/mol. The second-order valence-electron chi connectivity index (χ2n) is 4.05. The van der Waals surface area contributed by atoms with E-state index in [0.717, 1.165) is 27.0 Å². The van der Waals surface area contributed by atoms with E-state index in [1.165, 1.54) is 5.56 Å². The maximum Gasteiger partial charge on any atom is 0.143 e. The van der Waals surface area contributed by atoms with Gasteiger partial charge in [0.25, 0.3) is 0 Å². The van der Waals surface area contributed by atoms with Crippen LogP contribution in [-0.4, -0.2) is 15.0 Å². The molecule has 0 aliphatic rings. The number of anilines is 2. The number of aromatic amines is 1. The molecule has 0 spiro atoms. The van der Waals surface area contributed by atoms with Gasteiger partial charge in [-0.25, -0.2) is 9.97 Å². The van der Waals surface area contributed by atoms with Crippen molar-refractivity contribution in [3.63, 3.8) is 0 Å². The average Bonchev–Trinajstić information content (AvgIpc) is 2.83. The Balaban J connectivity index is 2.01. The molecule has 0 fully saturated rings. The Morgan fingerprint density at radius 3 is 2.94 bits per heavy atom. The molecule has 0 atom stereocenters. The zero-order valence-electron chi connectivity index (χ0n) is 9.74. The van der Waals surface area contributed by atoms with E-state index in [0.29, 0.717) is 0 Å². The fourth-order valence-corrected chi connectivity index (χ4v) is 2.16. The van der Waals surface area contributed by atoms with Crippen LogP contribution in [0.4, 0.5) is 11.5 Å². The minimum Gasteiger partial charge on any atom is -0.346 e. The molecule has 5 heteroatoms. The minimum atomic E-state index is 0.803. The van der Waals surface area contributed by atoms with Crippen molar-refractivity contribution in [1.82, 2.24) is 15.0 Å². The van der Waals surface area contributed by atoms with Crippen molar-refractivity contribution in [2.45, 2.75) is 6.92 Å². The second-order valence-corrected chi connectivity index (χ2v) is 4.91. The first-order valence-electron chi connectivity index (χ1n) is 5.55. The number of halogens is 1. The number of aryl methyl sites for hydroxylation is 1. The van der Waals surface area contributed by atoms with Crippen molar-refractivity contribution in [2.75, 3.05) is 5.32 Å². The van der Waals surface area contributed by atoms with Gasteiger partial charge >= 0.3 is 0 Å². The Labute approximate surface area is 113 Å². The molecule has 3 rings (SSSR count). The molecule has 18 heavy (non-hydrogen) atoms. The van der Waals surface area contributed by atoms with Crippen LogP contribution in [0, 0.1) is 6.92 Å². The van der Waals surface area contributed by atoms with Gasteiger partial charge in [-0.3, -0.25) is 0 Å². The Bertz CT molecular complexity index is 705. The molecule has 2 N–H and O–H groups in total. The number of rotatable bonds is 2. The van der Waals surface area contributed by atoms with E-state index < -0.39 is 0 Å². The summed E-state index contributed by atoms with van der Waals surface area (Å²) in [7, 11) is 0. The summed E-state index contributed by atoms with van der Waals surface area (Å²) in [5, 5.41) is 4.28. The van der Waals surface area contributed by atoms with Gasteiger partial charge in [-0.15, -0.1) is 0 Å². The molecule has 0 aliphatic heterocycles. The molecule has 3 aromatic rings. The van der Waals surface area contributed by atoms with E-state index in [4.69, 9.17) is 0 Å². The van der Waals surface area contributed by atoms with Gasteiger partial charge in [-0.1, -0.05) is 22.0 Å². The first-order chi connectivity index (χ1) is 8.74. The highest BCUT2D eigenvalue weighted by Gasteiger charge is 2.05. The van der Waals surface area contributed by atoms with Gasteiger partial charge < -0.3 is 10.3 Å². The van der Waals surface area contributed by atoms with Gasteiger partial charge in [-0.05, 0) is 30.7 Å². The van der Waals surface area contributed by atoms with Gasteiger partial charge in [0.2, 0.25) is 0 Å². The third kappa shape index (κ3) is 1.97. The average molecular weight is 303 g/mol. The maximum atomic E-state index is 4.27. The third-order valence-corrected chi connectivity index (χ3v) is 3.64. The van der Waals surface area contributed by atoms with Crippen LogP contribution in [0.5, 0.6) is 0 Å². The van der Waals surface area contributed by atoms with Gasteiger partial charge in [0.15, 0.2) is 0 Å². The molecule has 4 nitrogen and oxygen atoms in total. The van der Waals surface area contributed by atoms with E-state index in [-0.39, 0.29) is 0 Å². The Morgan fingerprint density at radius 2 is 2.11 bits per heavy atom. The number of nitrogens with zero attached hydrogens (tertiary/aromatic N) is 2. The predicted molar refractivity (Wildman–Crippen MR) is 76.1 cm³/mol. The molecule has 0 aliphatic carbocycles. The molecule has 1 aromatic carbocycles. The van der Waals surface area contributed by atoms with Crippen molar-refractivity contribution in [3.05, 3.63) is 46.8 Å². The fourth-order valence-electron chi connectivity index (χ4n) is 1.78. The number of benzene rings is 1. The summed E-state index contributed by atoms with van der Waals surface area (Å²) in [4.78, 5) is 11.5. The van der Waals surface area contributed by atoms with Crippen molar-refractivity contribution in [3.8, 4) is 0 Å². The van der Waals surface area contributed by atoms with Gasteiger partial charge in [0.05, 0.1) is 5.39 Å². The molecule has 0 saturated heterocycles. The molecule has 2 heterocycles. The van der Waals surface area contributed by atoms with Crippen LogP contribution in [-0.2, 0) is 0 Å².